The molecular weight excluding hydrogens is 590 g/mol. The Morgan fingerprint density at radius 2 is 2.00 bits per heavy atom. The van der Waals surface area contributed by atoms with Gasteiger partial charge in [0.05, 0.1) is 24.1 Å². The Bertz CT molecular complexity index is 1320. The number of amides is 1. The monoisotopic (exact) mass is 614 g/mol. The van der Waals surface area contributed by atoms with Crippen LogP contribution in [0.4, 0.5) is 42.6 Å². The zero-order chi connectivity index (χ0) is 29.2. The highest BCUT2D eigenvalue weighted by Crippen LogP contribution is 2.36. The highest BCUT2D eigenvalue weighted by molar-refractivity contribution is 8.01. The van der Waals surface area contributed by atoms with E-state index in [0.717, 1.165) is 30.4 Å². The van der Waals surface area contributed by atoms with Crippen molar-refractivity contribution >= 4 is 39.5 Å². The van der Waals surface area contributed by atoms with Crippen molar-refractivity contribution in [2.45, 2.75) is 43.4 Å². The highest BCUT2D eigenvalue weighted by atomic mass is 32.2. The standard InChI is InChI=1S/C22H24F6N6O4S2/c1-12(39-32-16-8-30-31-19(35)17(16)22(26,27)28)10-38-11-40(37)20(36)33-4-5-34-15(9-33)3-2-13-6-14(21(23,24)25)7-29-18(13)34/h6-8,12,15H,2-5,9-11H2,1H3,(H2,31,32,35)/t12?,15-,40+/m1/s1. The third-order valence-electron chi connectivity index (χ3n) is 6.28. The molecular formula is C22H24F6N6O4S2. The minimum atomic E-state index is -4.89. The average molecular weight is 615 g/mol. The number of nitrogens with one attached hydrogen (secondary N) is 2. The Morgan fingerprint density at radius 3 is 2.70 bits per heavy atom. The minimum absolute atomic E-state index is 0.0621. The van der Waals surface area contributed by atoms with Gasteiger partial charge >= 0.3 is 17.6 Å². The van der Waals surface area contributed by atoms with Gasteiger partial charge in [0.2, 0.25) is 0 Å². The van der Waals surface area contributed by atoms with Crippen molar-refractivity contribution < 1.29 is 40.1 Å². The number of carbonyl (C=O) groups excluding carboxylic acids is 1. The fraction of sp³-hybridized carbons (Fsp3) is 0.545. The van der Waals surface area contributed by atoms with Crippen LogP contribution in [0, 0.1) is 0 Å². The Balaban J connectivity index is 1.24. The van der Waals surface area contributed by atoms with Crippen LogP contribution in [0.3, 0.4) is 0 Å². The largest absolute Gasteiger partial charge is 0.423 e. The molecule has 2 aliphatic heterocycles. The number of pyridine rings is 1. The molecule has 2 aliphatic rings. The molecule has 3 atom stereocenters. The number of anilines is 2. The Hall–Kier alpha value is -2.86. The summed E-state index contributed by atoms with van der Waals surface area (Å²) in [5.41, 5.74) is -3.64. The third kappa shape index (κ3) is 6.88. The van der Waals surface area contributed by atoms with E-state index in [9.17, 15) is 40.1 Å². The first-order valence-electron chi connectivity index (χ1n) is 11.9. The lowest BCUT2D eigenvalue weighted by Gasteiger charge is -2.45. The van der Waals surface area contributed by atoms with Crippen molar-refractivity contribution in [2.75, 3.05) is 41.8 Å². The summed E-state index contributed by atoms with van der Waals surface area (Å²) in [4.78, 5) is 31.6. The molecule has 1 fully saturated rings. The van der Waals surface area contributed by atoms with Gasteiger partial charge in [-0.2, -0.15) is 31.4 Å². The number of hydrogen-bond acceptors (Lipinski definition) is 9. The summed E-state index contributed by atoms with van der Waals surface area (Å²) in [6, 6.07) is 0.916. The number of H-pyrrole nitrogens is 1. The second kappa shape index (κ2) is 11.9. The van der Waals surface area contributed by atoms with Gasteiger partial charge in [0.1, 0.15) is 28.1 Å². The predicted octanol–water partition coefficient (Wildman–Crippen LogP) is 3.63. The molecule has 10 nitrogen and oxygen atoms in total. The van der Waals surface area contributed by atoms with E-state index in [2.05, 4.69) is 14.8 Å². The topological polar surface area (TPSA) is 121 Å². The normalized spacial score (nSPS) is 19.0. The van der Waals surface area contributed by atoms with E-state index >= 15 is 0 Å². The number of aromatic amines is 1. The number of aromatic nitrogens is 3. The van der Waals surface area contributed by atoms with Gasteiger partial charge in [-0.1, -0.05) is 0 Å². The second-order valence-electron chi connectivity index (χ2n) is 9.15. The first-order chi connectivity index (χ1) is 18.8. The van der Waals surface area contributed by atoms with Crippen molar-refractivity contribution in [3.63, 3.8) is 0 Å². The van der Waals surface area contributed by atoms with E-state index in [1.165, 1.54) is 4.90 Å². The number of alkyl halides is 6. The van der Waals surface area contributed by atoms with Crippen LogP contribution in [0.15, 0.2) is 23.3 Å². The lowest BCUT2D eigenvalue weighted by atomic mass is 9.95. The van der Waals surface area contributed by atoms with Gasteiger partial charge in [0.25, 0.3) is 5.56 Å². The summed E-state index contributed by atoms with van der Waals surface area (Å²) >= 11 is 0.830. The molecule has 2 N–H and O–H groups in total. The van der Waals surface area contributed by atoms with Crippen molar-refractivity contribution in [1.29, 1.82) is 0 Å². The van der Waals surface area contributed by atoms with Gasteiger partial charge in [-0.3, -0.25) is 9.59 Å². The number of rotatable bonds is 7. The van der Waals surface area contributed by atoms with Crippen LogP contribution in [0.5, 0.6) is 0 Å². The highest BCUT2D eigenvalue weighted by Gasteiger charge is 2.39. The van der Waals surface area contributed by atoms with Crippen molar-refractivity contribution in [2.24, 2.45) is 0 Å². The van der Waals surface area contributed by atoms with Crippen molar-refractivity contribution in [1.82, 2.24) is 20.1 Å². The van der Waals surface area contributed by atoms with E-state index in [-0.39, 0.29) is 25.7 Å². The number of nitrogens with zero attached hydrogens (tertiary/aromatic N) is 4. The van der Waals surface area contributed by atoms with Crippen LogP contribution in [-0.4, -0.2) is 73.0 Å². The Labute approximate surface area is 230 Å². The maximum atomic E-state index is 13.1. The average Bonchev–Trinajstić information content (AvgIpc) is 2.89. The predicted molar refractivity (Wildman–Crippen MR) is 135 cm³/mol. The number of hydrogen-bond donors (Lipinski definition) is 2. The first kappa shape index (κ1) is 30.1. The minimum Gasteiger partial charge on any atom is -0.366 e. The molecule has 0 saturated carbocycles. The van der Waals surface area contributed by atoms with Gasteiger partial charge in [-0.25, -0.2) is 14.3 Å². The fourth-order valence-corrected chi connectivity index (χ4v) is 5.86. The molecule has 1 unspecified atom stereocenters. The molecule has 0 aliphatic carbocycles. The van der Waals surface area contributed by atoms with Crippen LogP contribution in [0.25, 0.3) is 0 Å². The third-order valence-corrected chi connectivity index (χ3v) is 8.18. The van der Waals surface area contributed by atoms with Gasteiger partial charge < -0.3 is 19.3 Å². The summed E-state index contributed by atoms with van der Waals surface area (Å²) in [5.74, 6) is 0.0266. The molecule has 4 rings (SSSR count). The number of halogens is 6. The molecule has 0 aromatic carbocycles. The molecule has 40 heavy (non-hydrogen) atoms. The van der Waals surface area contributed by atoms with Crippen LogP contribution in [-0.2, 0) is 34.3 Å². The van der Waals surface area contributed by atoms with E-state index in [4.69, 9.17) is 4.74 Å². The summed E-state index contributed by atoms with van der Waals surface area (Å²) in [6.07, 6.45) is -6.88. The van der Waals surface area contributed by atoms with Crippen LogP contribution in [0.1, 0.15) is 30.0 Å². The molecule has 1 amide bonds. The first-order valence-corrected chi connectivity index (χ1v) is 14.1. The van der Waals surface area contributed by atoms with Gasteiger partial charge in [0.15, 0.2) is 0 Å². The zero-order valence-electron chi connectivity index (χ0n) is 20.8. The van der Waals surface area contributed by atoms with Crippen LogP contribution < -0.4 is 15.2 Å². The van der Waals surface area contributed by atoms with E-state index in [0.29, 0.717) is 30.8 Å². The van der Waals surface area contributed by atoms with Crippen LogP contribution in [0.2, 0.25) is 0 Å². The molecule has 220 valence electrons. The van der Waals surface area contributed by atoms with Crippen LogP contribution >= 0.6 is 11.9 Å². The summed E-state index contributed by atoms with van der Waals surface area (Å²) in [6.45, 7) is 2.30. The van der Waals surface area contributed by atoms with Crippen molar-refractivity contribution in [3.8, 4) is 0 Å². The van der Waals surface area contributed by atoms with E-state index in [1.807, 2.05) is 4.90 Å². The lowest BCUT2D eigenvalue weighted by molar-refractivity contribution is -0.138. The number of aryl methyl sites for hydroxylation is 1. The molecule has 0 bridgehead atoms. The van der Waals surface area contributed by atoms with E-state index in [1.54, 1.807) is 12.0 Å². The number of carbonyl (C=O) groups is 1. The molecule has 2 aromatic rings. The second-order valence-corrected chi connectivity index (χ2v) is 11.7. The maximum absolute atomic E-state index is 13.1. The summed E-state index contributed by atoms with van der Waals surface area (Å²) < 4.78 is 98.8. The Kier molecular flexibility index (Phi) is 8.99. The molecule has 4 heterocycles. The quantitative estimate of drug-likeness (QED) is 0.356. The molecule has 0 spiro atoms. The fourth-order valence-electron chi connectivity index (χ4n) is 4.41. The Morgan fingerprint density at radius 1 is 1.25 bits per heavy atom. The van der Waals surface area contributed by atoms with Gasteiger partial charge in [0, 0.05) is 37.1 Å². The lowest BCUT2D eigenvalue weighted by Crippen LogP contribution is -2.57. The van der Waals surface area contributed by atoms with Gasteiger partial charge in [-0.05, 0) is 43.3 Å². The van der Waals surface area contributed by atoms with Crippen molar-refractivity contribution in [3.05, 3.63) is 45.5 Å². The molecule has 0 radical (unpaired) electrons. The van der Waals surface area contributed by atoms with E-state index < -0.39 is 62.0 Å². The molecule has 1 saturated heterocycles. The summed E-state index contributed by atoms with van der Waals surface area (Å²) in [7, 11) is -2.04. The SMILES string of the molecule is CC(COC[S@](=O)C(=O)N1CCN2c3ncc(C(F)(F)F)cc3CC[C@@H]2C1)SNc1cn[nH]c(=O)c1C(F)(F)F. The summed E-state index contributed by atoms with van der Waals surface area (Å²) in [5, 5.41) is 3.99. The zero-order valence-corrected chi connectivity index (χ0v) is 22.5. The van der Waals surface area contributed by atoms with Gasteiger partial charge in [-0.15, -0.1) is 0 Å². The molecule has 18 heteroatoms. The smallest absolute Gasteiger partial charge is 0.366 e. The number of ether oxygens (including phenoxy) is 1. The number of piperazine rings is 1. The molecule has 2 aromatic heterocycles. The number of fused-ring (bicyclic) bond motifs is 3. The maximum Gasteiger partial charge on any atom is 0.423 e.